The molecule has 23 heavy (non-hydrogen) atoms. The summed E-state index contributed by atoms with van der Waals surface area (Å²) in [5, 5.41) is 3.55. The van der Waals surface area contributed by atoms with E-state index in [0.29, 0.717) is 11.1 Å². The molecule has 0 spiro atoms. The van der Waals surface area contributed by atoms with E-state index in [4.69, 9.17) is 11.6 Å². The summed E-state index contributed by atoms with van der Waals surface area (Å²) in [4.78, 5) is 14.3. The lowest BCUT2D eigenvalue weighted by Gasteiger charge is -2.34. The number of carbonyl (C=O) groups is 1. The molecule has 2 heterocycles. The lowest BCUT2D eigenvalue weighted by molar-refractivity contribution is 0.183. The maximum Gasteiger partial charge on any atom is 0.321 e. The Morgan fingerprint density at radius 2 is 1.78 bits per heavy atom. The lowest BCUT2D eigenvalue weighted by atomic mass is 10.0. The first-order valence-electron chi connectivity index (χ1n) is 8.00. The van der Waals surface area contributed by atoms with E-state index in [1.807, 2.05) is 17.0 Å². The topological polar surface area (TPSA) is 37.3 Å². The van der Waals surface area contributed by atoms with Crippen LogP contribution in [0.15, 0.2) is 36.4 Å². The second-order valence-electron chi connectivity index (χ2n) is 6.14. The van der Waals surface area contributed by atoms with Gasteiger partial charge in [-0.25, -0.2) is 4.79 Å². The van der Waals surface area contributed by atoms with Crippen LogP contribution in [0, 0.1) is 13.8 Å². The lowest BCUT2D eigenvalue weighted by Crippen LogP contribution is -2.41. The maximum atomic E-state index is 12.4. The van der Waals surface area contributed by atoms with E-state index in [1.54, 1.807) is 12.1 Å². The zero-order valence-electron chi connectivity index (χ0n) is 13.6. The van der Waals surface area contributed by atoms with Crippen LogP contribution in [0.3, 0.4) is 0 Å². The van der Waals surface area contributed by atoms with E-state index in [-0.39, 0.29) is 6.03 Å². The minimum Gasteiger partial charge on any atom is -0.346 e. The van der Waals surface area contributed by atoms with E-state index in [1.165, 1.54) is 11.4 Å². The molecule has 5 heteroatoms. The van der Waals surface area contributed by atoms with Gasteiger partial charge < -0.3 is 14.8 Å². The Hall–Kier alpha value is -1.94. The first kappa shape index (κ1) is 15.9. The number of nitrogens with one attached hydrogen (secondary N) is 1. The molecule has 1 aromatic carbocycles. The van der Waals surface area contributed by atoms with Crippen LogP contribution in [-0.2, 0) is 0 Å². The molecule has 2 aromatic rings. The van der Waals surface area contributed by atoms with Crippen molar-refractivity contribution in [1.82, 2.24) is 9.47 Å². The molecule has 122 valence electrons. The van der Waals surface area contributed by atoms with Crippen molar-refractivity contribution in [2.24, 2.45) is 0 Å². The standard InChI is InChI=1S/C18H22ClN3O/c1-13-6-7-14(2)22(13)17-8-10-21(11-9-17)18(23)20-16-5-3-4-15(19)12-16/h3-7,12,17H,8-11H2,1-2H3,(H,20,23). The Morgan fingerprint density at radius 1 is 1.13 bits per heavy atom. The summed E-state index contributed by atoms with van der Waals surface area (Å²) in [5.41, 5.74) is 3.33. The summed E-state index contributed by atoms with van der Waals surface area (Å²) in [6.45, 7) is 5.83. The van der Waals surface area contributed by atoms with E-state index in [9.17, 15) is 4.79 Å². The van der Waals surface area contributed by atoms with E-state index in [2.05, 4.69) is 35.9 Å². The fourth-order valence-electron chi connectivity index (χ4n) is 3.35. The summed E-state index contributed by atoms with van der Waals surface area (Å²) in [6.07, 6.45) is 1.97. The SMILES string of the molecule is Cc1ccc(C)n1C1CCN(C(=O)Nc2cccc(Cl)c2)CC1. The second kappa shape index (κ2) is 6.67. The first-order chi connectivity index (χ1) is 11.0. The molecule has 0 aliphatic carbocycles. The van der Waals surface area contributed by atoms with E-state index >= 15 is 0 Å². The number of likely N-dealkylation sites (tertiary alicyclic amines) is 1. The number of rotatable bonds is 2. The Bertz CT molecular complexity index is 683. The Kier molecular flexibility index (Phi) is 4.62. The van der Waals surface area contributed by atoms with Crippen molar-refractivity contribution in [3.8, 4) is 0 Å². The Labute approximate surface area is 142 Å². The number of benzene rings is 1. The number of carbonyl (C=O) groups excluding carboxylic acids is 1. The number of urea groups is 1. The van der Waals surface area contributed by atoms with Crippen molar-refractivity contribution in [2.45, 2.75) is 32.7 Å². The minimum atomic E-state index is -0.0494. The van der Waals surface area contributed by atoms with E-state index in [0.717, 1.165) is 31.6 Å². The average Bonchev–Trinajstić information content (AvgIpc) is 2.86. The van der Waals surface area contributed by atoms with Crippen LogP contribution in [0.5, 0.6) is 0 Å². The van der Waals surface area contributed by atoms with Gasteiger partial charge in [0.25, 0.3) is 0 Å². The van der Waals surface area contributed by atoms with Crippen LogP contribution < -0.4 is 5.32 Å². The second-order valence-corrected chi connectivity index (χ2v) is 6.58. The molecule has 0 atom stereocenters. The number of nitrogens with zero attached hydrogens (tertiary/aromatic N) is 2. The molecule has 3 rings (SSSR count). The van der Waals surface area contributed by atoms with Gasteiger partial charge in [-0.05, 0) is 57.0 Å². The molecule has 2 amide bonds. The summed E-state index contributed by atoms with van der Waals surface area (Å²) < 4.78 is 2.40. The van der Waals surface area contributed by atoms with Crippen molar-refractivity contribution in [1.29, 1.82) is 0 Å². The normalized spacial score (nSPS) is 15.7. The van der Waals surface area contributed by atoms with Gasteiger partial charge in [0, 0.05) is 41.2 Å². The van der Waals surface area contributed by atoms with Crippen molar-refractivity contribution in [3.05, 3.63) is 52.8 Å². The molecule has 0 saturated carbocycles. The highest BCUT2D eigenvalue weighted by molar-refractivity contribution is 6.30. The highest BCUT2D eigenvalue weighted by Gasteiger charge is 2.25. The molecule has 1 saturated heterocycles. The molecular formula is C18H22ClN3O. The van der Waals surface area contributed by atoms with Gasteiger partial charge in [-0.1, -0.05) is 17.7 Å². The van der Waals surface area contributed by atoms with Gasteiger partial charge in [0.2, 0.25) is 0 Å². The molecule has 1 N–H and O–H groups in total. The molecule has 0 unspecified atom stereocenters. The van der Waals surface area contributed by atoms with Crippen LogP contribution in [0.25, 0.3) is 0 Å². The third kappa shape index (κ3) is 3.53. The Balaban J connectivity index is 1.59. The molecule has 1 fully saturated rings. The van der Waals surface area contributed by atoms with Crippen molar-refractivity contribution < 1.29 is 4.79 Å². The van der Waals surface area contributed by atoms with E-state index < -0.39 is 0 Å². The third-order valence-corrected chi connectivity index (χ3v) is 4.75. The molecular weight excluding hydrogens is 310 g/mol. The molecule has 1 aliphatic rings. The van der Waals surface area contributed by atoms with Gasteiger partial charge in [0.1, 0.15) is 0 Å². The number of hydrogen-bond donors (Lipinski definition) is 1. The van der Waals surface area contributed by atoms with Crippen LogP contribution in [0.1, 0.15) is 30.3 Å². The highest BCUT2D eigenvalue weighted by atomic mass is 35.5. The predicted octanol–water partition coefficient (Wildman–Crippen LogP) is 4.63. The zero-order valence-corrected chi connectivity index (χ0v) is 14.3. The van der Waals surface area contributed by atoms with Crippen molar-refractivity contribution >= 4 is 23.3 Å². The van der Waals surface area contributed by atoms with Gasteiger partial charge in [0.05, 0.1) is 0 Å². The summed E-state index contributed by atoms with van der Waals surface area (Å²) in [7, 11) is 0. The Morgan fingerprint density at radius 3 is 2.39 bits per heavy atom. The van der Waals surface area contributed by atoms with Crippen LogP contribution in [0.4, 0.5) is 10.5 Å². The monoisotopic (exact) mass is 331 g/mol. The van der Waals surface area contributed by atoms with Crippen LogP contribution in [0.2, 0.25) is 5.02 Å². The molecule has 0 bridgehead atoms. The number of halogens is 1. The van der Waals surface area contributed by atoms with Crippen LogP contribution in [-0.4, -0.2) is 28.6 Å². The third-order valence-electron chi connectivity index (χ3n) is 4.52. The highest BCUT2D eigenvalue weighted by Crippen LogP contribution is 2.27. The summed E-state index contributed by atoms with van der Waals surface area (Å²) in [6, 6.07) is 12.0. The largest absolute Gasteiger partial charge is 0.346 e. The number of anilines is 1. The van der Waals surface area contributed by atoms with Crippen molar-refractivity contribution in [2.75, 3.05) is 18.4 Å². The summed E-state index contributed by atoms with van der Waals surface area (Å²) in [5.74, 6) is 0. The number of amides is 2. The predicted molar refractivity (Wildman–Crippen MR) is 94.2 cm³/mol. The molecule has 1 aromatic heterocycles. The molecule has 4 nitrogen and oxygen atoms in total. The number of aromatic nitrogens is 1. The fourth-order valence-corrected chi connectivity index (χ4v) is 3.54. The summed E-state index contributed by atoms with van der Waals surface area (Å²) >= 11 is 5.95. The number of aryl methyl sites for hydroxylation is 2. The van der Waals surface area contributed by atoms with Crippen LogP contribution >= 0.6 is 11.6 Å². The van der Waals surface area contributed by atoms with Gasteiger partial charge in [-0.15, -0.1) is 0 Å². The molecule has 0 radical (unpaired) electrons. The quantitative estimate of drug-likeness (QED) is 0.856. The zero-order chi connectivity index (χ0) is 16.4. The smallest absolute Gasteiger partial charge is 0.321 e. The maximum absolute atomic E-state index is 12.4. The van der Waals surface area contributed by atoms with Gasteiger partial charge in [-0.3, -0.25) is 0 Å². The van der Waals surface area contributed by atoms with Gasteiger partial charge >= 0.3 is 6.03 Å². The van der Waals surface area contributed by atoms with Crippen molar-refractivity contribution in [3.63, 3.8) is 0 Å². The molecule has 1 aliphatic heterocycles. The number of piperidine rings is 1. The minimum absolute atomic E-state index is 0.0494. The fraction of sp³-hybridized carbons (Fsp3) is 0.389. The number of hydrogen-bond acceptors (Lipinski definition) is 1. The first-order valence-corrected chi connectivity index (χ1v) is 8.38. The van der Waals surface area contributed by atoms with Gasteiger partial charge in [-0.2, -0.15) is 0 Å². The van der Waals surface area contributed by atoms with Gasteiger partial charge in [0.15, 0.2) is 0 Å². The average molecular weight is 332 g/mol.